The van der Waals surface area contributed by atoms with Crippen molar-refractivity contribution in [2.45, 2.75) is 13.3 Å². The number of amides is 1. The molecule has 0 aliphatic heterocycles. The van der Waals surface area contributed by atoms with Crippen LogP contribution in [0, 0.1) is 17.6 Å². The maximum absolute atomic E-state index is 13.3. The minimum absolute atomic E-state index is 0.00675. The van der Waals surface area contributed by atoms with Gasteiger partial charge in [-0.05, 0) is 12.3 Å². The number of aliphatic hydroxyl groups excluding tert-OH is 1. The van der Waals surface area contributed by atoms with Gasteiger partial charge in [-0.1, -0.05) is 6.92 Å². The Kier molecular flexibility index (Phi) is 5.03. The second-order valence-electron chi connectivity index (χ2n) is 4.11. The number of halogens is 2. The van der Waals surface area contributed by atoms with Crippen LogP contribution in [-0.4, -0.2) is 29.3 Å². The first-order chi connectivity index (χ1) is 8.45. The minimum Gasteiger partial charge on any atom is -0.507 e. The van der Waals surface area contributed by atoms with E-state index in [1.54, 1.807) is 6.92 Å². The van der Waals surface area contributed by atoms with Crippen LogP contribution < -0.4 is 5.32 Å². The molecule has 1 atom stereocenters. The molecule has 0 heterocycles. The maximum Gasteiger partial charge on any atom is 0.258 e. The van der Waals surface area contributed by atoms with E-state index in [9.17, 15) is 18.7 Å². The van der Waals surface area contributed by atoms with Gasteiger partial charge < -0.3 is 15.5 Å². The number of carbonyl (C=O) groups excluding carboxylic acids is 1. The number of hydrogen-bond donors (Lipinski definition) is 3. The molecular formula is C12H15F2NO3. The van der Waals surface area contributed by atoms with Gasteiger partial charge in [-0.2, -0.15) is 0 Å². The van der Waals surface area contributed by atoms with Gasteiger partial charge in [-0.15, -0.1) is 0 Å². The average Bonchev–Trinajstić information content (AvgIpc) is 2.25. The van der Waals surface area contributed by atoms with E-state index < -0.39 is 28.9 Å². The fraction of sp³-hybridized carbons (Fsp3) is 0.417. The fourth-order valence-corrected chi connectivity index (χ4v) is 1.46. The predicted octanol–water partition coefficient (Wildman–Crippen LogP) is 1.42. The molecule has 1 rings (SSSR count). The Morgan fingerprint density at radius 3 is 2.67 bits per heavy atom. The first-order valence-corrected chi connectivity index (χ1v) is 5.52. The van der Waals surface area contributed by atoms with Crippen molar-refractivity contribution >= 4 is 5.91 Å². The summed E-state index contributed by atoms with van der Waals surface area (Å²) in [5, 5.41) is 20.4. The number of benzene rings is 1. The monoisotopic (exact) mass is 259 g/mol. The van der Waals surface area contributed by atoms with E-state index in [1.165, 1.54) is 0 Å². The van der Waals surface area contributed by atoms with Gasteiger partial charge in [0.25, 0.3) is 5.91 Å². The minimum atomic E-state index is -1.11. The van der Waals surface area contributed by atoms with Crippen LogP contribution >= 0.6 is 0 Å². The molecule has 4 nitrogen and oxygen atoms in total. The van der Waals surface area contributed by atoms with Crippen molar-refractivity contribution in [1.82, 2.24) is 5.32 Å². The van der Waals surface area contributed by atoms with Crippen molar-refractivity contribution in [3.8, 4) is 5.75 Å². The lowest BCUT2D eigenvalue weighted by Crippen LogP contribution is -2.29. The zero-order valence-electron chi connectivity index (χ0n) is 9.91. The summed E-state index contributed by atoms with van der Waals surface area (Å²) in [6, 6.07) is 1.21. The van der Waals surface area contributed by atoms with Crippen LogP contribution in [0.2, 0.25) is 0 Å². The van der Waals surface area contributed by atoms with E-state index in [-0.39, 0.29) is 19.1 Å². The van der Waals surface area contributed by atoms with Crippen molar-refractivity contribution in [1.29, 1.82) is 0 Å². The van der Waals surface area contributed by atoms with E-state index in [0.29, 0.717) is 18.6 Å². The first-order valence-electron chi connectivity index (χ1n) is 5.52. The van der Waals surface area contributed by atoms with Crippen molar-refractivity contribution in [2.75, 3.05) is 13.2 Å². The molecule has 1 unspecified atom stereocenters. The molecule has 0 bridgehead atoms. The summed E-state index contributed by atoms with van der Waals surface area (Å²) in [5.41, 5.74) is -0.576. The van der Waals surface area contributed by atoms with Crippen LogP contribution in [0.5, 0.6) is 5.75 Å². The Hall–Kier alpha value is -1.69. The van der Waals surface area contributed by atoms with E-state index in [0.717, 1.165) is 0 Å². The lowest BCUT2D eigenvalue weighted by atomic mass is 10.1. The van der Waals surface area contributed by atoms with Gasteiger partial charge in [0.15, 0.2) is 0 Å². The van der Waals surface area contributed by atoms with E-state index >= 15 is 0 Å². The summed E-state index contributed by atoms with van der Waals surface area (Å²) >= 11 is 0. The lowest BCUT2D eigenvalue weighted by Gasteiger charge is -2.12. The van der Waals surface area contributed by atoms with Crippen LogP contribution in [0.1, 0.15) is 23.7 Å². The smallest absolute Gasteiger partial charge is 0.258 e. The normalized spacial score (nSPS) is 12.2. The van der Waals surface area contributed by atoms with Crippen molar-refractivity contribution in [2.24, 2.45) is 5.92 Å². The molecule has 0 aliphatic carbocycles. The molecule has 0 spiro atoms. The van der Waals surface area contributed by atoms with Gasteiger partial charge in [0.05, 0.1) is 0 Å². The van der Waals surface area contributed by atoms with Gasteiger partial charge in [0, 0.05) is 25.3 Å². The second-order valence-corrected chi connectivity index (χ2v) is 4.11. The highest BCUT2D eigenvalue weighted by molar-refractivity contribution is 5.97. The summed E-state index contributed by atoms with van der Waals surface area (Å²) in [4.78, 5) is 11.6. The molecule has 3 N–H and O–H groups in total. The van der Waals surface area contributed by atoms with E-state index in [1.807, 2.05) is 0 Å². The Balaban J connectivity index is 2.73. The molecule has 0 saturated heterocycles. The first kappa shape index (κ1) is 14.4. The number of rotatable bonds is 5. The highest BCUT2D eigenvalue weighted by atomic mass is 19.1. The van der Waals surface area contributed by atoms with Gasteiger partial charge in [0.2, 0.25) is 0 Å². The van der Waals surface area contributed by atoms with Crippen LogP contribution in [-0.2, 0) is 0 Å². The molecule has 100 valence electrons. The van der Waals surface area contributed by atoms with Crippen LogP contribution in [0.25, 0.3) is 0 Å². The van der Waals surface area contributed by atoms with Gasteiger partial charge >= 0.3 is 0 Å². The Labute approximate surface area is 103 Å². The van der Waals surface area contributed by atoms with E-state index in [2.05, 4.69) is 5.32 Å². The molecule has 6 heteroatoms. The third-order valence-corrected chi connectivity index (χ3v) is 2.49. The van der Waals surface area contributed by atoms with Gasteiger partial charge in [-0.3, -0.25) is 4.79 Å². The van der Waals surface area contributed by atoms with E-state index in [4.69, 9.17) is 5.11 Å². The molecule has 0 aromatic heterocycles. The van der Waals surface area contributed by atoms with Gasteiger partial charge in [-0.25, -0.2) is 8.78 Å². The maximum atomic E-state index is 13.3. The number of aromatic hydroxyl groups is 1. The summed E-state index contributed by atoms with van der Waals surface area (Å²) in [7, 11) is 0. The fourth-order valence-electron chi connectivity index (χ4n) is 1.46. The number of aliphatic hydroxyl groups is 1. The van der Waals surface area contributed by atoms with Crippen molar-refractivity contribution in [3.63, 3.8) is 0 Å². The molecule has 1 aromatic rings. The number of phenols is 1. The summed E-state index contributed by atoms with van der Waals surface area (Å²) in [5.74, 6) is -3.59. The predicted molar refractivity (Wildman–Crippen MR) is 61.2 cm³/mol. The summed E-state index contributed by atoms with van der Waals surface area (Å²) in [6.45, 7) is 2.03. The molecular weight excluding hydrogens is 244 g/mol. The molecule has 18 heavy (non-hydrogen) atoms. The average molecular weight is 259 g/mol. The molecule has 0 aliphatic rings. The number of hydrogen-bond acceptors (Lipinski definition) is 3. The van der Waals surface area contributed by atoms with Crippen molar-refractivity contribution in [3.05, 3.63) is 29.3 Å². The van der Waals surface area contributed by atoms with Crippen LogP contribution in [0.15, 0.2) is 12.1 Å². The molecule has 1 aromatic carbocycles. The zero-order chi connectivity index (χ0) is 13.7. The standard InChI is InChI=1S/C12H15F2NO3/c1-7(2-3-16)6-15-12(18)11-9(14)4-8(13)5-10(11)17/h4-5,7,16-17H,2-3,6H2,1H3,(H,15,18). The largest absolute Gasteiger partial charge is 0.507 e. The van der Waals surface area contributed by atoms with Crippen LogP contribution in [0.3, 0.4) is 0 Å². The highest BCUT2D eigenvalue weighted by Gasteiger charge is 2.18. The Bertz CT molecular complexity index is 414. The topological polar surface area (TPSA) is 69.6 Å². The molecule has 0 saturated carbocycles. The third-order valence-electron chi connectivity index (χ3n) is 2.49. The molecule has 1 amide bonds. The Morgan fingerprint density at radius 2 is 2.11 bits per heavy atom. The summed E-state index contributed by atoms with van der Waals surface area (Å²) in [6.07, 6.45) is 0.498. The van der Waals surface area contributed by atoms with Crippen LogP contribution in [0.4, 0.5) is 8.78 Å². The highest BCUT2D eigenvalue weighted by Crippen LogP contribution is 2.21. The number of carbonyl (C=O) groups is 1. The summed E-state index contributed by atoms with van der Waals surface area (Å²) < 4.78 is 26.1. The number of nitrogens with one attached hydrogen (secondary N) is 1. The lowest BCUT2D eigenvalue weighted by molar-refractivity contribution is 0.0938. The molecule has 0 radical (unpaired) electrons. The second kappa shape index (κ2) is 6.30. The molecule has 0 fully saturated rings. The third kappa shape index (κ3) is 3.66. The number of phenolic OH excluding ortho intramolecular Hbond substituents is 1. The SMILES string of the molecule is CC(CCO)CNC(=O)c1c(O)cc(F)cc1F. The zero-order valence-corrected chi connectivity index (χ0v) is 9.91. The van der Waals surface area contributed by atoms with Crippen molar-refractivity contribution < 1.29 is 23.8 Å². The van der Waals surface area contributed by atoms with Gasteiger partial charge in [0.1, 0.15) is 22.9 Å². The quantitative estimate of drug-likeness (QED) is 0.749. The Morgan fingerprint density at radius 1 is 1.44 bits per heavy atom.